The van der Waals surface area contributed by atoms with Gasteiger partial charge in [-0.3, -0.25) is 4.79 Å². The Bertz CT molecular complexity index is 825. The van der Waals surface area contributed by atoms with Gasteiger partial charge in [0.05, 0.1) is 31.9 Å². The molecule has 1 aliphatic rings. The van der Waals surface area contributed by atoms with E-state index in [9.17, 15) is 9.59 Å². The molecule has 7 nitrogen and oxygen atoms in total. The summed E-state index contributed by atoms with van der Waals surface area (Å²) in [5.74, 6) is -0.220. The van der Waals surface area contributed by atoms with Crippen molar-refractivity contribution in [2.24, 2.45) is 0 Å². The first-order valence-corrected chi connectivity index (χ1v) is 9.73. The number of carbonyl (C=O) groups is 2. The van der Waals surface area contributed by atoms with Crippen LogP contribution in [-0.2, 0) is 20.7 Å². The van der Waals surface area contributed by atoms with E-state index in [2.05, 4.69) is 4.98 Å². The van der Waals surface area contributed by atoms with Crippen molar-refractivity contribution < 1.29 is 19.1 Å². The van der Waals surface area contributed by atoms with E-state index in [1.165, 1.54) is 21.4 Å². The Morgan fingerprint density at radius 3 is 2.74 bits per heavy atom. The summed E-state index contributed by atoms with van der Waals surface area (Å²) in [6.45, 7) is 4.54. The normalized spacial score (nSPS) is 14.3. The molecule has 1 saturated heterocycles. The van der Waals surface area contributed by atoms with E-state index < -0.39 is 6.09 Å². The average molecular weight is 410 g/mol. The number of aromatic nitrogens is 1. The van der Waals surface area contributed by atoms with Crippen LogP contribution in [-0.4, -0.2) is 53.5 Å². The number of halogens is 1. The van der Waals surface area contributed by atoms with E-state index in [0.29, 0.717) is 23.9 Å². The van der Waals surface area contributed by atoms with Crippen LogP contribution < -0.4 is 0 Å². The lowest BCUT2D eigenvalue weighted by molar-refractivity contribution is -0.171. The van der Waals surface area contributed by atoms with Crippen molar-refractivity contribution in [2.75, 3.05) is 26.5 Å². The second kappa shape index (κ2) is 8.69. The third-order valence-electron chi connectivity index (χ3n) is 4.02. The minimum Gasteiger partial charge on any atom is -0.448 e. The molecule has 2 aromatic rings. The number of ether oxygens (including phenoxy) is 2. The SMILES string of the molecule is CCOC(=O)N1COCCN1C(=O)Cc1nc(-c2ccc(Cl)cc2)sc1C. The highest BCUT2D eigenvalue weighted by molar-refractivity contribution is 7.15. The number of nitrogens with zero attached hydrogens (tertiary/aromatic N) is 3. The maximum absolute atomic E-state index is 12.8. The molecule has 2 amide bonds. The zero-order valence-corrected chi connectivity index (χ0v) is 16.7. The highest BCUT2D eigenvalue weighted by Crippen LogP contribution is 2.29. The largest absolute Gasteiger partial charge is 0.448 e. The number of amides is 2. The van der Waals surface area contributed by atoms with Gasteiger partial charge in [0.15, 0.2) is 0 Å². The Hall–Kier alpha value is -2.16. The van der Waals surface area contributed by atoms with E-state index in [4.69, 9.17) is 21.1 Å². The van der Waals surface area contributed by atoms with E-state index in [-0.39, 0.29) is 25.7 Å². The first-order chi connectivity index (χ1) is 13.0. The molecule has 144 valence electrons. The Kier molecular flexibility index (Phi) is 6.30. The molecule has 9 heteroatoms. The second-order valence-corrected chi connectivity index (χ2v) is 7.50. The number of thiazole rings is 1. The molecule has 0 saturated carbocycles. The van der Waals surface area contributed by atoms with Crippen molar-refractivity contribution in [3.63, 3.8) is 0 Å². The first-order valence-electron chi connectivity index (χ1n) is 8.54. The smallest absolute Gasteiger partial charge is 0.431 e. The average Bonchev–Trinajstić information content (AvgIpc) is 3.03. The summed E-state index contributed by atoms with van der Waals surface area (Å²) in [7, 11) is 0. The van der Waals surface area contributed by atoms with E-state index in [0.717, 1.165) is 15.4 Å². The number of rotatable bonds is 4. The lowest BCUT2D eigenvalue weighted by Gasteiger charge is -2.37. The van der Waals surface area contributed by atoms with Gasteiger partial charge in [0.2, 0.25) is 5.91 Å². The topological polar surface area (TPSA) is 72.0 Å². The highest BCUT2D eigenvalue weighted by Gasteiger charge is 2.31. The van der Waals surface area contributed by atoms with Crippen LogP contribution in [0.3, 0.4) is 0 Å². The Morgan fingerprint density at radius 1 is 1.30 bits per heavy atom. The monoisotopic (exact) mass is 409 g/mol. The minimum absolute atomic E-state index is 0.00333. The molecule has 0 bridgehead atoms. The predicted octanol–water partition coefficient (Wildman–Crippen LogP) is 3.50. The predicted molar refractivity (Wildman–Crippen MR) is 102 cm³/mol. The van der Waals surface area contributed by atoms with Crippen LogP contribution in [0.2, 0.25) is 5.02 Å². The fourth-order valence-electron chi connectivity index (χ4n) is 2.64. The summed E-state index contributed by atoms with van der Waals surface area (Å²) >= 11 is 7.45. The molecule has 0 atom stereocenters. The van der Waals surface area contributed by atoms with Gasteiger partial charge in [-0.1, -0.05) is 23.7 Å². The summed E-state index contributed by atoms with van der Waals surface area (Å²) in [6.07, 6.45) is -0.492. The van der Waals surface area contributed by atoms with Crippen LogP contribution in [0.25, 0.3) is 10.6 Å². The number of benzene rings is 1. The van der Waals surface area contributed by atoms with Crippen molar-refractivity contribution in [3.05, 3.63) is 39.9 Å². The Labute approximate surface area is 166 Å². The molecule has 0 aliphatic carbocycles. The van der Waals surface area contributed by atoms with Crippen LogP contribution in [0.15, 0.2) is 24.3 Å². The minimum atomic E-state index is -0.595. The summed E-state index contributed by atoms with van der Waals surface area (Å²) in [4.78, 5) is 30.4. The van der Waals surface area contributed by atoms with E-state index in [1.807, 2.05) is 31.2 Å². The maximum Gasteiger partial charge on any atom is 0.431 e. The maximum atomic E-state index is 12.8. The van der Waals surface area contributed by atoms with Gasteiger partial charge >= 0.3 is 6.09 Å². The molecule has 0 radical (unpaired) electrons. The van der Waals surface area contributed by atoms with Gasteiger partial charge in [-0.2, -0.15) is 5.01 Å². The molecular formula is C18H20ClN3O4S. The van der Waals surface area contributed by atoms with Gasteiger partial charge in [0.1, 0.15) is 11.7 Å². The van der Waals surface area contributed by atoms with Crippen molar-refractivity contribution >= 4 is 34.9 Å². The summed E-state index contributed by atoms with van der Waals surface area (Å²) in [5.41, 5.74) is 1.65. The van der Waals surface area contributed by atoms with Gasteiger partial charge in [-0.15, -0.1) is 11.3 Å². The van der Waals surface area contributed by atoms with Gasteiger partial charge in [-0.25, -0.2) is 14.8 Å². The van der Waals surface area contributed by atoms with Crippen LogP contribution in [0.5, 0.6) is 0 Å². The third kappa shape index (κ3) is 4.58. The lowest BCUT2D eigenvalue weighted by atomic mass is 10.2. The number of hydrogen-bond donors (Lipinski definition) is 0. The second-order valence-electron chi connectivity index (χ2n) is 5.86. The molecule has 27 heavy (non-hydrogen) atoms. The molecule has 1 aromatic carbocycles. The molecule has 0 unspecified atom stereocenters. The van der Waals surface area contributed by atoms with Crippen molar-refractivity contribution in [1.29, 1.82) is 0 Å². The summed E-state index contributed by atoms with van der Waals surface area (Å²) in [6, 6.07) is 7.42. The zero-order chi connectivity index (χ0) is 19.4. The van der Waals surface area contributed by atoms with Gasteiger partial charge in [0.25, 0.3) is 0 Å². The summed E-state index contributed by atoms with van der Waals surface area (Å²) < 4.78 is 10.3. The molecule has 1 aromatic heterocycles. The number of hydrazine groups is 1. The third-order valence-corrected chi connectivity index (χ3v) is 5.34. The lowest BCUT2D eigenvalue weighted by Crippen LogP contribution is -2.55. The molecule has 2 heterocycles. The van der Waals surface area contributed by atoms with Crippen LogP contribution in [0, 0.1) is 6.92 Å². The highest BCUT2D eigenvalue weighted by atomic mass is 35.5. The number of carbonyl (C=O) groups excluding carboxylic acids is 2. The molecule has 0 spiro atoms. The van der Waals surface area contributed by atoms with Crippen molar-refractivity contribution in [3.8, 4) is 10.6 Å². The van der Waals surface area contributed by atoms with E-state index in [1.54, 1.807) is 6.92 Å². The van der Waals surface area contributed by atoms with Gasteiger partial charge in [-0.05, 0) is 26.0 Å². The molecular weight excluding hydrogens is 390 g/mol. The molecule has 0 N–H and O–H groups in total. The molecule has 1 aliphatic heterocycles. The first kappa shape index (κ1) is 19.6. The van der Waals surface area contributed by atoms with E-state index >= 15 is 0 Å². The Balaban J connectivity index is 1.75. The van der Waals surface area contributed by atoms with Crippen LogP contribution in [0.1, 0.15) is 17.5 Å². The quantitative estimate of drug-likeness (QED) is 0.772. The van der Waals surface area contributed by atoms with Gasteiger partial charge in [0, 0.05) is 15.5 Å². The fourth-order valence-corrected chi connectivity index (χ4v) is 3.70. The standard InChI is InChI=1S/C18H20ClN3O4S/c1-3-26-18(24)22-11-25-9-8-21(22)16(23)10-15-12(2)27-17(20-15)13-4-6-14(19)7-5-13/h4-7H,3,8-11H2,1-2H3. The number of hydrogen-bond acceptors (Lipinski definition) is 6. The van der Waals surface area contributed by atoms with Gasteiger partial charge < -0.3 is 9.47 Å². The van der Waals surface area contributed by atoms with Crippen molar-refractivity contribution in [2.45, 2.75) is 20.3 Å². The molecule has 1 fully saturated rings. The van der Waals surface area contributed by atoms with Crippen LogP contribution in [0.4, 0.5) is 4.79 Å². The van der Waals surface area contributed by atoms with Crippen LogP contribution >= 0.6 is 22.9 Å². The molecule has 3 rings (SSSR count). The fraction of sp³-hybridized carbons (Fsp3) is 0.389. The number of aryl methyl sites for hydroxylation is 1. The summed E-state index contributed by atoms with van der Waals surface area (Å²) in [5, 5.41) is 4.06. The zero-order valence-electron chi connectivity index (χ0n) is 15.1. The Morgan fingerprint density at radius 2 is 2.04 bits per heavy atom. The van der Waals surface area contributed by atoms with Crippen molar-refractivity contribution in [1.82, 2.24) is 15.0 Å².